The van der Waals surface area contributed by atoms with Crippen molar-refractivity contribution in [2.24, 2.45) is 5.92 Å². The summed E-state index contributed by atoms with van der Waals surface area (Å²) in [4.78, 5) is 16.3. The van der Waals surface area contributed by atoms with Crippen molar-refractivity contribution in [2.75, 3.05) is 19.8 Å². The predicted octanol–water partition coefficient (Wildman–Crippen LogP) is 2.78. The van der Waals surface area contributed by atoms with Gasteiger partial charge in [-0.3, -0.25) is 9.78 Å². The number of rotatable bonds is 5. The highest BCUT2D eigenvalue weighted by Crippen LogP contribution is 2.17. The van der Waals surface area contributed by atoms with Gasteiger partial charge in [0.2, 0.25) is 0 Å². The average molecular weight is 284 g/mol. The minimum absolute atomic E-state index is 0.0941. The van der Waals surface area contributed by atoms with E-state index in [1.807, 2.05) is 30.3 Å². The van der Waals surface area contributed by atoms with Crippen molar-refractivity contribution in [1.82, 2.24) is 10.3 Å². The maximum Gasteiger partial charge on any atom is 0.269 e. The molecule has 2 aromatic rings. The molecule has 21 heavy (non-hydrogen) atoms. The van der Waals surface area contributed by atoms with E-state index >= 15 is 0 Å². The van der Waals surface area contributed by atoms with Gasteiger partial charge in [-0.25, -0.2) is 0 Å². The van der Waals surface area contributed by atoms with Crippen LogP contribution < -0.4 is 5.32 Å². The number of ether oxygens (including phenoxy) is 1. The normalized spacial score (nSPS) is 18.0. The summed E-state index contributed by atoms with van der Waals surface area (Å²) < 4.78 is 5.35. The zero-order valence-corrected chi connectivity index (χ0v) is 12.0. The molecular weight excluding hydrogens is 264 g/mol. The van der Waals surface area contributed by atoms with E-state index in [1.54, 1.807) is 6.20 Å². The van der Waals surface area contributed by atoms with Crippen LogP contribution in [0.25, 0.3) is 10.8 Å². The topological polar surface area (TPSA) is 51.2 Å². The van der Waals surface area contributed by atoms with E-state index in [4.69, 9.17) is 4.74 Å². The molecule has 1 aliphatic heterocycles. The number of carbonyl (C=O) groups is 1. The fourth-order valence-electron chi connectivity index (χ4n) is 2.70. The smallest absolute Gasteiger partial charge is 0.269 e. The molecule has 4 nitrogen and oxygen atoms in total. The van der Waals surface area contributed by atoms with E-state index in [0.717, 1.165) is 43.2 Å². The lowest BCUT2D eigenvalue weighted by Crippen LogP contribution is -2.25. The van der Waals surface area contributed by atoms with E-state index in [-0.39, 0.29) is 5.91 Å². The van der Waals surface area contributed by atoms with Gasteiger partial charge in [0.05, 0.1) is 0 Å². The summed E-state index contributed by atoms with van der Waals surface area (Å²) >= 11 is 0. The molecule has 0 radical (unpaired) electrons. The molecule has 1 aromatic carbocycles. The first-order valence-corrected chi connectivity index (χ1v) is 7.53. The molecule has 0 bridgehead atoms. The summed E-state index contributed by atoms with van der Waals surface area (Å²) in [5.74, 6) is 0.573. The number of fused-ring (bicyclic) bond motifs is 1. The Morgan fingerprint density at radius 2 is 2.19 bits per heavy atom. The van der Waals surface area contributed by atoms with Crippen LogP contribution in [0.5, 0.6) is 0 Å². The van der Waals surface area contributed by atoms with Crippen LogP contribution in [0, 0.1) is 5.92 Å². The zero-order chi connectivity index (χ0) is 14.5. The van der Waals surface area contributed by atoms with Crippen LogP contribution in [-0.4, -0.2) is 30.6 Å². The zero-order valence-electron chi connectivity index (χ0n) is 12.0. The van der Waals surface area contributed by atoms with Gasteiger partial charge in [-0.2, -0.15) is 0 Å². The summed E-state index contributed by atoms with van der Waals surface area (Å²) in [5, 5.41) is 5.04. The molecule has 1 N–H and O–H groups in total. The van der Waals surface area contributed by atoms with Crippen LogP contribution in [0.3, 0.4) is 0 Å². The van der Waals surface area contributed by atoms with Crippen molar-refractivity contribution < 1.29 is 9.53 Å². The highest BCUT2D eigenvalue weighted by molar-refractivity contribution is 5.96. The summed E-state index contributed by atoms with van der Waals surface area (Å²) in [6.07, 6.45) is 5.01. The van der Waals surface area contributed by atoms with E-state index in [0.29, 0.717) is 18.2 Å². The molecule has 1 fully saturated rings. The van der Waals surface area contributed by atoms with Gasteiger partial charge in [-0.1, -0.05) is 24.3 Å². The first-order valence-electron chi connectivity index (χ1n) is 7.53. The lowest BCUT2D eigenvalue weighted by atomic mass is 10.0. The number of benzene rings is 1. The average Bonchev–Trinajstić information content (AvgIpc) is 3.04. The van der Waals surface area contributed by atoms with Gasteiger partial charge in [-0.15, -0.1) is 0 Å². The molecule has 0 saturated carbocycles. The maximum atomic E-state index is 12.1. The Bertz CT molecular complexity index is 621. The van der Waals surface area contributed by atoms with Crippen LogP contribution in [-0.2, 0) is 4.74 Å². The van der Waals surface area contributed by atoms with E-state index in [2.05, 4.69) is 10.3 Å². The summed E-state index contributed by atoms with van der Waals surface area (Å²) in [6.45, 7) is 2.46. The molecule has 4 heteroatoms. The molecule has 3 rings (SSSR count). The van der Waals surface area contributed by atoms with Crippen LogP contribution in [0.4, 0.5) is 0 Å². The molecule has 1 amide bonds. The third-order valence-corrected chi connectivity index (χ3v) is 3.96. The number of carbonyl (C=O) groups excluding carboxylic acids is 1. The van der Waals surface area contributed by atoms with Crippen molar-refractivity contribution in [1.29, 1.82) is 0 Å². The third-order valence-electron chi connectivity index (χ3n) is 3.96. The number of nitrogens with one attached hydrogen (secondary N) is 1. The standard InChI is InChI=1S/C17H20N2O2/c20-17(18-8-3-4-13-7-9-21-12-13)16-10-14-5-1-2-6-15(14)11-19-16/h1-2,5-6,10-11,13H,3-4,7-9,12H2,(H,18,20)/t13-/m0/s1. The number of nitrogens with zero attached hydrogens (tertiary/aromatic N) is 1. The lowest BCUT2D eigenvalue weighted by Gasteiger charge is -2.08. The second kappa shape index (κ2) is 6.68. The van der Waals surface area contributed by atoms with Gasteiger partial charge < -0.3 is 10.1 Å². The molecule has 1 atom stereocenters. The SMILES string of the molecule is O=C(NCCC[C@H]1CCOC1)c1cc2ccccc2cn1. The Morgan fingerprint density at radius 3 is 3.00 bits per heavy atom. The molecule has 110 valence electrons. The largest absolute Gasteiger partial charge is 0.381 e. The minimum Gasteiger partial charge on any atom is -0.381 e. The number of hydrogen-bond acceptors (Lipinski definition) is 3. The Hall–Kier alpha value is -1.94. The van der Waals surface area contributed by atoms with Crippen molar-refractivity contribution in [3.05, 3.63) is 42.2 Å². The van der Waals surface area contributed by atoms with Crippen LogP contribution in [0.1, 0.15) is 29.8 Å². The number of hydrogen-bond donors (Lipinski definition) is 1. The highest BCUT2D eigenvalue weighted by atomic mass is 16.5. The molecule has 1 saturated heterocycles. The monoisotopic (exact) mass is 284 g/mol. The molecule has 0 unspecified atom stereocenters. The molecular formula is C17H20N2O2. The Balaban J connectivity index is 1.51. The van der Waals surface area contributed by atoms with Gasteiger partial charge in [0, 0.05) is 31.3 Å². The number of aromatic nitrogens is 1. The molecule has 0 spiro atoms. The van der Waals surface area contributed by atoms with Gasteiger partial charge in [0.1, 0.15) is 5.69 Å². The molecule has 0 aliphatic carbocycles. The third kappa shape index (κ3) is 3.58. The second-order valence-electron chi connectivity index (χ2n) is 5.54. The minimum atomic E-state index is -0.0941. The Morgan fingerprint density at radius 1 is 1.33 bits per heavy atom. The summed E-state index contributed by atoms with van der Waals surface area (Å²) in [6, 6.07) is 9.77. The molecule has 1 aliphatic rings. The highest BCUT2D eigenvalue weighted by Gasteiger charge is 2.15. The number of pyridine rings is 1. The van der Waals surface area contributed by atoms with Gasteiger partial charge in [-0.05, 0) is 36.6 Å². The lowest BCUT2D eigenvalue weighted by molar-refractivity contribution is 0.0947. The van der Waals surface area contributed by atoms with Gasteiger partial charge >= 0.3 is 0 Å². The van der Waals surface area contributed by atoms with Crippen molar-refractivity contribution >= 4 is 16.7 Å². The Labute approximate surface area is 124 Å². The van der Waals surface area contributed by atoms with E-state index in [1.165, 1.54) is 0 Å². The van der Waals surface area contributed by atoms with E-state index < -0.39 is 0 Å². The Kier molecular flexibility index (Phi) is 4.46. The fraction of sp³-hybridized carbons (Fsp3) is 0.412. The van der Waals surface area contributed by atoms with Gasteiger partial charge in [0.15, 0.2) is 0 Å². The van der Waals surface area contributed by atoms with Crippen LogP contribution >= 0.6 is 0 Å². The van der Waals surface area contributed by atoms with E-state index in [9.17, 15) is 4.79 Å². The first kappa shape index (κ1) is 14.0. The second-order valence-corrected chi connectivity index (χ2v) is 5.54. The van der Waals surface area contributed by atoms with Crippen molar-refractivity contribution in [3.63, 3.8) is 0 Å². The fourth-order valence-corrected chi connectivity index (χ4v) is 2.70. The maximum absolute atomic E-state index is 12.1. The number of amides is 1. The van der Waals surface area contributed by atoms with Crippen molar-refractivity contribution in [2.45, 2.75) is 19.3 Å². The van der Waals surface area contributed by atoms with Crippen LogP contribution in [0.2, 0.25) is 0 Å². The first-order chi connectivity index (χ1) is 10.3. The molecule has 2 heterocycles. The summed E-state index contributed by atoms with van der Waals surface area (Å²) in [5.41, 5.74) is 0.484. The quantitative estimate of drug-likeness (QED) is 0.859. The molecule has 1 aromatic heterocycles. The van der Waals surface area contributed by atoms with Crippen LogP contribution in [0.15, 0.2) is 36.5 Å². The van der Waals surface area contributed by atoms with Crippen molar-refractivity contribution in [3.8, 4) is 0 Å². The predicted molar refractivity (Wildman–Crippen MR) is 82.2 cm³/mol. The van der Waals surface area contributed by atoms with Gasteiger partial charge in [0.25, 0.3) is 5.91 Å². The summed E-state index contributed by atoms with van der Waals surface area (Å²) in [7, 11) is 0.